The molecule has 4 rings (SSSR count). The van der Waals surface area contributed by atoms with Gasteiger partial charge in [-0.15, -0.1) is 0 Å². The summed E-state index contributed by atoms with van der Waals surface area (Å²) in [6.45, 7) is 6.13. The molecular weight excluding hydrogens is 328 g/mol. The van der Waals surface area contributed by atoms with Crippen molar-refractivity contribution in [1.82, 2.24) is 0 Å². The highest BCUT2D eigenvalue weighted by Crippen LogP contribution is 2.29. The number of carbonyl (C=O) groups excluding carboxylic acids is 1. The van der Waals surface area contributed by atoms with Crippen molar-refractivity contribution in [2.75, 3.05) is 0 Å². The van der Waals surface area contributed by atoms with Gasteiger partial charge in [-0.2, -0.15) is 0 Å². The second kappa shape index (κ2) is 6.85. The van der Waals surface area contributed by atoms with Gasteiger partial charge in [0, 0.05) is 5.56 Å². The van der Waals surface area contributed by atoms with Crippen LogP contribution in [0.5, 0.6) is 0 Å². The predicted octanol–water partition coefficient (Wildman–Crippen LogP) is 6.81. The van der Waals surface area contributed by atoms with Crippen molar-refractivity contribution in [3.05, 3.63) is 101 Å². The number of fused-ring (bicyclic) bond motifs is 2. The van der Waals surface area contributed by atoms with Crippen LogP contribution in [0.4, 0.5) is 0 Å². The lowest BCUT2D eigenvalue weighted by Gasteiger charge is -2.09. The molecule has 0 unspecified atom stereocenters. The SMILES string of the molecule is Cc1cc(C)c(C(=O)C=Cc2c3ccccc3cc3ccccc23)cc1C. The smallest absolute Gasteiger partial charge is 0.186 e. The summed E-state index contributed by atoms with van der Waals surface area (Å²) < 4.78 is 0. The van der Waals surface area contributed by atoms with E-state index >= 15 is 0 Å². The lowest BCUT2D eigenvalue weighted by Crippen LogP contribution is -2.00. The summed E-state index contributed by atoms with van der Waals surface area (Å²) in [4.78, 5) is 12.9. The highest BCUT2D eigenvalue weighted by Gasteiger charge is 2.09. The molecule has 0 amide bonds. The second-order valence-electron chi connectivity index (χ2n) is 7.18. The fourth-order valence-electron chi connectivity index (χ4n) is 3.70. The molecule has 0 radical (unpaired) electrons. The van der Waals surface area contributed by atoms with Gasteiger partial charge in [-0.05, 0) is 88.9 Å². The van der Waals surface area contributed by atoms with E-state index in [2.05, 4.69) is 43.3 Å². The Balaban J connectivity index is 1.85. The first-order valence-electron chi connectivity index (χ1n) is 9.25. The Bertz CT molecular complexity index is 1160. The van der Waals surface area contributed by atoms with Crippen LogP contribution in [0.15, 0.2) is 72.8 Å². The summed E-state index contributed by atoms with van der Waals surface area (Å²) in [5, 5.41) is 4.70. The number of hydrogen-bond donors (Lipinski definition) is 0. The molecule has 27 heavy (non-hydrogen) atoms. The number of ketones is 1. The Morgan fingerprint density at radius 1 is 0.704 bits per heavy atom. The van der Waals surface area contributed by atoms with Crippen molar-refractivity contribution in [1.29, 1.82) is 0 Å². The zero-order valence-corrected chi connectivity index (χ0v) is 15.9. The quantitative estimate of drug-likeness (QED) is 0.225. The van der Waals surface area contributed by atoms with Gasteiger partial charge in [0.1, 0.15) is 0 Å². The van der Waals surface area contributed by atoms with Crippen LogP contribution in [0.3, 0.4) is 0 Å². The van der Waals surface area contributed by atoms with Crippen LogP contribution in [0, 0.1) is 20.8 Å². The van der Waals surface area contributed by atoms with Crippen LogP contribution < -0.4 is 0 Å². The fourth-order valence-corrected chi connectivity index (χ4v) is 3.70. The molecule has 0 saturated heterocycles. The number of rotatable bonds is 3. The number of aryl methyl sites for hydroxylation is 3. The number of allylic oxidation sites excluding steroid dienone is 1. The zero-order valence-electron chi connectivity index (χ0n) is 15.9. The van der Waals surface area contributed by atoms with Crippen LogP contribution >= 0.6 is 0 Å². The van der Waals surface area contributed by atoms with Gasteiger partial charge in [0.2, 0.25) is 0 Å². The van der Waals surface area contributed by atoms with E-state index in [4.69, 9.17) is 0 Å². The summed E-state index contributed by atoms with van der Waals surface area (Å²) in [6.07, 6.45) is 3.69. The minimum Gasteiger partial charge on any atom is -0.289 e. The van der Waals surface area contributed by atoms with E-state index in [1.54, 1.807) is 6.08 Å². The number of carbonyl (C=O) groups is 1. The molecule has 0 saturated carbocycles. The van der Waals surface area contributed by atoms with Crippen molar-refractivity contribution in [2.45, 2.75) is 20.8 Å². The van der Waals surface area contributed by atoms with Gasteiger partial charge in [0.05, 0.1) is 0 Å². The molecule has 0 N–H and O–H groups in total. The maximum Gasteiger partial charge on any atom is 0.186 e. The van der Waals surface area contributed by atoms with E-state index in [-0.39, 0.29) is 5.78 Å². The van der Waals surface area contributed by atoms with Crippen molar-refractivity contribution in [3.63, 3.8) is 0 Å². The minimum absolute atomic E-state index is 0.0487. The standard InChI is InChI=1S/C26H22O/c1-17-14-19(3)25(15-18(17)2)26(27)13-12-24-22-10-6-4-8-20(22)16-21-9-5-7-11-23(21)24/h4-16H,1-3H3. The molecule has 0 aliphatic carbocycles. The van der Waals surface area contributed by atoms with Crippen molar-refractivity contribution >= 4 is 33.4 Å². The van der Waals surface area contributed by atoms with Crippen LogP contribution in [0.25, 0.3) is 27.6 Å². The summed E-state index contributed by atoms with van der Waals surface area (Å²) in [6, 6.07) is 23.0. The Labute approximate surface area is 160 Å². The third-order valence-electron chi connectivity index (χ3n) is 5.32. The van der Waals surface area contributed by atoms with Crippen LogP contribution in [0.1, 0.15) is 32.6 Å². The maximum atomic E-state index is 12.9. The Hall–Kier alpha value is -3.19. The fraction of sp³-hybridized carbons (Fsp3) is 0.115. The van der Waals surface area contributed by atoms with Crippen LogP contribution in [-0.2, 0) is 0 Å². The van der Waals surface area contributed by atoms with E-state index in [0.717, 1.165) is 33.0 Å². The molecule has 0 aromatic heterocycles. The molecule has 0 bridgehead atoms. The first-order chi connectivity index (χ1) is 13.0. The summed E-state index contributed by atoms with van der Waals surface area (Å²) in [5.74, 6) is 0.0487. The van der Waals surface area contributed by atoms with Gasteiger partial charge < -0.3 is 0 Å². The van der Waals surface area contributed by atoms with Gasteiger partial charge >= 0.3 is 0 Å². The minimum atomic E-state index is 0.0487. The molecule has 0 aliphatic rings. The average Bonchev–Trinajstić information content (AvgIpc) is 2.67. The van der Waals surface area contributed by atoms with Crippen molar-refractivity contribution in [2.24, 2.45) is 0 Å². The first-order valence-corrected chi connectivity index (χ1v) is 9.25. The van der Waals surface area contributed by atoms with Crippen LogP contribution in [0.2, 0.25) is 0 Å². The third-order valence-corrected chi connectivity index (χ3v) is 5.32. The normalized spacial score (nSPS) is 11.5. The second-order valence-corrected chi connectivity index (χ2v) is 7.18. The topological polar surface area (TPSA) is 17.1 Å². The molecule has 0 aliphatic heterocycles. The van der Waals surface area contributed by atoms with Crippen molar-refractivity contribution < 1.29 is 4.79 Å². The van der Waals surface area contributed by atoms with E-state index < -0.39 is 0 Å². The zero-order chi connectivity index (χ0) is 19.0. The van der Waals surface area contributed by atoms with Gasteiger partial charge in [-0.1, -0.05) is 54.6 Å². The Kier molecular flexibility index (Phi) is 4.37. The molecule has 4 aromatic carbocycles. The Morgan fingerprint density at radius 3 is 1.89 bits per heavy atom. The van der Waals surface area contributed by atoms with E-state index in [9.17, 15) is 4.79 Å². The molecule has 0 spiro atoms. The van der Waals surface area contributed by atoms with E-state index in [1.807, 2.05) is 50.3 Å². The largest absolute Gasteiger partial charge is 0.289 e. The molecule has 1 nitrogen and oxygen atoms in total. The average molecular weight is 350 g/mol. The molecule has 4 aromatic rings. The van der Waals surface area contributed by atoms with Gasteiger partial charge in [0.15, 0.2) is 5.78 Å². The highest BCUT2D eigenvalue weighted by atomic mass is 16.1. The van der Waals surface area contributed by atoms with Gasteiger partial charge in [-0.3, -0.25) is 4.79 Å². The van der Waals surface area contributed by atoms with Crippen molar-refractivity contribution in [3.8, 4) is 0 Å². The van der Waals surface area contributed by atoms with Crippen LogP contribution in [-0.4, -0.2) is 5.78 Å². The summed E-state index contributed by atoms with van der Waals surface area (Å²) in [7, 11) is 0. The van der Waals surface area contributed by atoms with E-state index in [1.165, 1.54) is 16.3 Å². The number of hydrogen-bond acceptors (Lipinski definition) is 1. The predicted molar refractivity (Wildman–Crippen MR) is 115 cm³/mol. The molecule has 0 atom stereocenters. The summed E-state index contributed by atoms with van der Waals surface area (Å²) in [5.41, 5.74) is 5.26. The van der Waals surface area contributed by atoms with Gasteiger partial charge in [0.25, 0.3) is 0 Å². The molecule has 0 heterocycles. The first kappa shape index (κ1) is 17.2. The Morgan fingerprint density at radius 2 is 1.26 bits per heavy atom. The third kappa shape index (κ3) is 3.17. The lowest BCUT2D eigenvalue weighted by molar-refractivity contribution is 0.104. The monoisotopic (exact) mass is 350 g/mol. The molecule has 1 heteroatoms. The number of benzene rings is 4. The lowest BCUT2D eigenvalue weighted by atomic mass is 9.95. The highest BCUT2D eigenvalue weighted by molar-refractivity contribution is 6.12. The summed E-state index contributed by atoms with van der Waals surface area (Å²) >= 11 is 0. The van der Waals surface area contributed by atoms with E-state index in [0.29, 0.717) is 0 Å². The maximum absolute atomic E-state index is 12.9. The van der Waals surface area contributed by atoms with Gasteiger partial charge in [-0.25, -0.2) is 0 Å². The molecule has 132 valence electrons. The molecular formula is C26H22O. The molecule has 0 fully saturated rings.